The lowest BCUT2D eigenvalue weighted by Crippen LogP contribution is -2.37. The van der Waals surface area contributed by atoms with Crippen LogP contribution in [-0.4, -0.2) is 47.7 Å². The minimum Gasteiger partial charge on any atom is -0.490 e. The van der Waals surface area contributed by atoms with Crippen LogP contribution in [0.2, 0.25) is 0 Å². The van der Waals surface area contributed by atoms with Gasteiger partial charge in [0.2, 0.25) is 0 Å². The maximum atomic E-state index is 12.1. The van der Waals surface area contributed by atoms with Crippen LogP contribution in [0, 0.1) is 0 Å². The molecule has 0 atom stereocenters. The molecule has 5 rings (SSSR count). The molecule has 0 unspecified atom stereocenters. The Morgan fingerprint density at radius 3 is 2.46 bits per heavy atom. The standard InChI is InChI=1S/C28H33N3O4/c1-28(2,27(32)33-3)34-19-21-18-26(20-9-6-12-23(17-20)35-22-10-7-11-22)31(29-21)25-14-5-4-13-24(25)30-15-8-16-30/h4-6,9,12-14,17-18,22H,7-8,10-11,15-16,19H2,1-3H3. The first-order valence-corrected chi connectivity index (χ1v) is 12.4. The molecule has 2 fully saturated rings. The van der Waals surface area contributed by atoms with Gasteiger partial charge in [0.1, 0.15) is 5.75 Å². The van der Waals surface area contributed by atoms with E-state index in [1.54, 1.807) is 13.8 Å². The summed E-state index contributed by atoms with van der Waals surface area (Å²) in [5, 5.41) is 4.94. The number of nitrogens with zero attached hydrogens (tertiary/aromatic N) is 3. The smallest absolute Gasteiger partial charge is 0.337 e. The number of anilines is 1. The van der Waals surface area contributed by atoms with Crippen LogP contribution in [0.1, 0.15) is 45.2 Å². The molecule has 2 aliphatic rings. The van der Waals surface area contributed by atoms with Gasteiger partial charge in [-0.2, -0.15) is 5.10 Å². The number of methoxy groups -OCH3 is 1. The van der Waals surface area contributed by atoms with Gasteiger partial charge in [0.15, 0.2) is 5.60 Å². The Bertz CT molecular complexity index is 1190. The second-order valence-corrected chi connectivity index (χ2v) is 9.75. The Hall–Kier alpha value is -3.32. The van der Waals surface area contributed by atoms with Crippen LogP contribution in [0.3, 0.4) is 0 Å². The zero-order valence-corrected chi connectivity index (χ0v) is 20.7. The molecule has 2 heterocycles. The molecule has 3 aromatic rings. The Morgan fingerprint density at radius 1 is 1.03 bits per heavy atom. The average molecular weight is 476 g/mol. The van der Waals surface area contributed by atoms with Crippen LogP contribution >= 0.6 is 0 Å². The van der Waals surface area contributed by atoms with E-state index in [1.165, 1.54) is 20.0 Å². The molecular weight excluding hydrogens is 442 g/mol. The largest absolute Gasteiger partial charge is 0.490 e. The summed E-state index contributed by atoms with van der Waals surface area (Å²) in [6.45, 7) is 5.68. The highest BCUT2D eigenvalue weighted by Crippen LogP contribution is 2.34. The third-order valence-corrected chi connectivity index (χ3v) is 6.81. The number of carbonyl (C=O) groups excluding carboxylic acids is 1. The summed E-state index contributed by atoms with van der Waals surface area (Å²) in [5.74, 6) is 0.460. The molecule has 0 N–H and O–H groups in total. The molecule has 1 aliphatic carbocycles. The van der Waals surface area contributed by atoms with Gasteiger partial charge in [-0.1, -0.05) is 24.3 Å². The second-order valence-electron chi connectivity index (χ2n) is 9.75. The molecule has 0 amide bonds. The van der Waals surface area contributed by atoms with Crippen molar-refractivity contribution in [3.05, 3.63) is 60.3 Å². The van der Waals surface area contributed by atoms with Crippen molar-refractivity contribution in [1.29, 1.82) is 0 Å². The fourth-order valence-electron chi connectivity index (χ4n) is 4.33. The summed E-state index contributed by atoms with van der Waals surface area (Å²) in [7, 11) is 1.37. The summed E-state index contributed by atoms with van der Waals surface area (Å²) < 4.78 is 19.0. The number of carbonyl (C=O) groups is 1. The van der Waals surface area contributed by atoms with Gasteiger partial charge in [0, 0.05) is 18.7 Å². The van der Waals surface area contributed by atoms with Crippen molar-refractivity contribution >= 4 is 11.7 Å². The lowest BCUT2D eigenvalue weighted by atomic mass is 9.96. The van der Waals surface area contributed by atoms with Crippen molar-refractivity contribution in [2.75, 3.05) is 25.1 Å². The molecule has 1 aromatic heterocycles. The van der Waals surface area contributed by atoms with Gasteiger partial charge in [0.25, 0.3) is 0 Å². The van der Waals surface area contributed by atoms with E-state index < -0.39 is 11.6 Å². The number of rotatable bonds is 9. The van der Waals surface area contributed by atoms with Crippen LogP contribution in [0.4, 0.5) is 5.69 Å². The number of hydrogen-bond acceptors (Lipinski definition) is 6. The van der Waals surface area contributed by atoms with Crippen molar-refractivity contribution in [1.82, 2.24) is 9.78 Å². The third-order valence-electron chi connectivity index (χ3n) is 6.81. The van der Waals surface area contributed by atoms with Gasteiger partial charge in [0.05, 0.1) is 42.6 Å². The van der Waals surface area contributed by atoms with Crippen LogP contribution in [0.5, 0.6) is 5.75 Å². The highest BCUT2D eigenvalue weighted by molar-refractivity contribution is 5.78. The molecule has 1 saturated carbocycles. The van der Waals surface area contributed by atoms with Gasteiger partial charge in [-0.3, -0.25) is 0 Å². The minimum atomic E-state index is -1.06. The normalized spacial score (nSPS) is 15.9. The van der Waals surface area contributed by atoms with E-state index in [0.717, 1.165) is 60.0 Å². The van der Waals surface area contributed by atoms with Crippen LogP contribution in [0.25, 0.3) is 16.9 Å². The number of hydrogen-bond donors (Lipinski definition) is 0. The topological polar surface area (TPSA) is 65.8 Å². The second kappa shape index (κ2) is 9.74. The van der Waals surface area contributed by atoms with Crippen molar-refractivity contribution in [3.8, 4) is 22.7 Å². The first kappa shape index (κ1) is 23.4. The summed E-state index contributed by atoms with van der Waals surface area (Å²) in [5.41, 5.74) is 3.82. The summed E-state index contributed by atoms with van der Waals surface area (Å²) >= 11 is 0. The third kappa shape index (κ3) is 4.91. The molecule has 7 heteroatoms. The molecule has 0 radical (unpaired) electrons. The molecular formula is C28H33N3O4. The fourth-order valence-corrected chi connectivity index (χ4v) is 4.33. The van der Waals surface area contributed by atoms with Crippen molar-refractivity contribution in [3.63, 3.8) is 0 Å². The molecule has 35 heavy (non-hydrogen) atoms. The predicted octanol–water partition coefficient (Wildman–Crippen LogP) is 5.15. The molecule has 1 aliphatic heterocycles. The quantitative estimate of drug-likeness (QED) is 0.399. The van der Waals surface area contributed by atoms with Crippen LogP contribution in [-0.2, 0) is 20.9 Å². The molecule has 0 spiro atoms. The predicted molar refractivity (Wildman–Crippen MR) is 135 cm³/mol. The zero-order chi connectivity index (χ0) is 24.4. The summed E-state index contributed by atoms with van der Waals surface area (Å²) in [6.07, 6.45) is 4.97. The van der Waals surface area contributed by atoms with Gasteiger partial charge >= 0.3 is 5.97 Å². The lowest BCUT2D eigenvalue weighted by molar-refractivity contribution is -0.166. The van der Waals surface area contributed by atoms with Crippen molar-refractivity contribution in [2.45, 2.75) is 57.8 Å². The Labute approximate surface area is 206 Å². The highest BCUT2D eigenvalue weighted by atomic mass is 16.6. The zero-order valence-electron chi connectivity index (χ0n) is 20.7. The Balaban J connectivity index is 1.51. The van der Waals surface area contributed by atoms with Gasteiger partial charge < -0.3 is 19.1 Å². The lowest BCUT2D eigenvalue weighted by Gasteiger charge is -2.34. The SMILES string of the molecule is COC(=O)C(C)(C)OCc1cc(-c2cccc(OC3CCC3)c2)n(-c2ccccc2N2CCC2)n1. The van der Waals surface area contributed by atoms with E-state index in [-0.39, 0.29) is 6.61 Å². The Morgan fingerprint density at radius 2 is 1.80 bits per heavy atom. The van der Waals surface area contributed by atoms with E-state index in [4.69, 9.17) is 19.3 Å². The van der Waals surface area contributed by atoms with Crippen LogP contribution < -0.4 is 9.64 Å². The van der Waals surface area contributed by atoms with E-state index in [1.807, 2.05) is 28.9 Å². The van der Waals surface area contributed by atoms with Crippen molar-refractivity contribution in [2.24, 2.45) is 0 Å². The minimum absolute atomic E-state index is 0.187. The van der Waals surface area contributed by atoms with E-state index >= 15 is 0 Å². The van der Waals surface area contributed by atoms with Gasteiger partial charge in [-0.15, -0.1) is 0 Å². The maximum absolute atomic E-state index is 12.1. The number of ether oxygens (including phenoxy) is 3. The number of aromatic nitrogens is 2. The van der Waals surface area contributed by atoms with Gasteiger partial charge in [-0.25, -0.2) is 9.48 Å². The average Bonchev–Trinajstić information content (AvgIpc) is 3.23. The number of benzene rings is 2. The molecule has 7 nitrogen and oxygen atoms in total. The first-order chi connectivity index (χ1) is 16.9. The van der Waals surface area contributed by atoms with E-state index in [0.29, 0.717) is 6.10 Å². The molecule has 2 aromatic carbocycles. The highest BCUT2D eigenvalue weighted by Gasteiger charge is 2.30. The Kier molecular flexibility index (Phi) is 6.52. The monoisotopic (exact) mass is 475 g/mol. The van der Waals surface area contributed by atoms with E-state index in [9.17, 15) is 4.79 Å². The maximum Gasteiger partial charge on any atom is 0.337 e. The summed E-state index contributed by atoms with van der Waals surface area (Å²) in [6, 6.07) is 18.6. The molecule has 184 valence electrons. The van der Waals surface area contributed by atoms with E-state index in [2.05, 4.69) is 35.2 Å². The summed E-state index contributed by atoms with van der Waals surface area (Å²) in [4.78, 5) is 14.5. The molecule has 0 bridgehead atoms. The number of para-hydroxylation sites is 2. The number of esters is 1. The molecule has 1 saturated heterocycles. The van der Waals surface area contributed by atoms with Crippen LogP contribution in [0.15, 0.2) is 54.6 Å². The van der Waals surface area contributed by atoms with Gasteiger partial charge in [-0.05, 0) is 69.9 Å². The fraction of sp³-hybridized carbons (Fsp3) is 0.429. The van der Waals surface area contributed by atoms with Crippen molar-refractivity contribution < 1.29 is 19.0 Å². The first-order valence-electron chi connectivity index (χ1n) is 12.4.